The van der Waals surface area contributed by atoms with E-state index in [-0.39, 0.29) is 0 Å². The Morgan fingerprint density at radius 1 is 1.31 bits per heavy atom. The van der Waals surface area contributed by atoms with Crippen LogP contribution in [-0.4, -0.2) is 36.6 Å². The molecule has 1 heterocycles. The smallest absolute Gasteiger partial charge is 0.0192 e. The molecule has 0 aromatic carbocycles. The molecule has 0 aromatic rings. The van der Waals surface area contributed by atoms with Crippen LogP contribution in [-0.2, 0) is 0 Å². The summed E-state index contributed by atoms with van der Waals surface area (Å²) in [5.41, 5.74) is 0. The molecule has 3 atom stereocenters. The average Bonchev–Trinajstić information content (AvgIpc) is 2.53. The molecule has 0 spiro atoms. The molecule has 1 aliphatic heterocycles. The monoisotopic (exact) mass is 226 g/mol. The van der Waals surface area contributed by atoms with Gasteiger partial charge in [0.05, 0.1) is 0 Å². The molecule has 1 aliphatic rings. The van der Waals surface area contributed by atoms with Gasteiger partial charge in [0, 0.05) is 18.6 Å². The van der Waals surface area contributed by atoms with Gasteiger partial charge in [-0.3, -0.25) is 4.90 Å². The Morgan fingerprint density at radius 3 is 2.69 bits per heavy atom. The molecule has 0 saturated carbocycles. The Bertz CT molecular complexity index is 182. The van der Waals surface area contributed by atoms with Gasteiger partial charge < -0.3 is 5.32 Å². The molecule has 1 saturated heterocycles. The maximum atomic E-state index is 3.64. The van der Waals surface area contributed by atoms with E-state index < -0.39 is 0 Å². The van der Waals surface area contributed by atoms with Gasteiger partial charge >= 0.3 is 0 Å². The molecular weight excluding hydrogens is 196 g/mol. The van der Waals surface area contributed by atoms with E-state index in [0.29, 0.717) is 6.04 Å². The van der Waals surface area contributed by atoms with Crippen LogP contribution in [0.1, 0.15) is 53.4 Å². The molecule has 2 nitrogen and oxygen atoms in total. The summed E-state index contributed by atoms with van der Waals surface area (Å²) in [5, 5.41) is 3.64. The molecule has 1 fully saturated rings. The summed E-state index contributed by atoms with van der Waals surface area (Å²) < 4.78 is 0. The Kier molecular flexibility index (Phi) is 6.37. The molecule has 0 aliphatic carbocycles. The van der Waals surface area contributed by atoms with Crippen molar-refractivity contribution in [2.45, 2.75) is 65.5 Å². The summed E-state index contributed by atoms with van der Waals surface area (Å²) in [6.07, 6.45) is 5.23. The molecule has 0 aromatic heterocycles. The fourth-order valence-electron chi connectivity index (χ4n) is 2.60. The minimum Gasteiger partial charge on any atom is -0.313 e. The van der Waals surface area contributed by atoms with E-state index in [1.54, 1.807) is 0 Å². The largest absolute Gasteiger partial charge is 0.313 e. The molecule has 0 bridgehead atoms. The molecule has 1 N–H and O–H groups in total. The standard InChI is InChI=1S/C14H30N2/c1-5-12(3)10-13(4)16-9-7-8-15-14(6-2)11-16/h12-15H,5-11H2,1-4H3. The number of hydrogen-bond donors (Lipinski definition) is 1. The molecular formula is C14H30N2. The van der Waals surface area contributed by atoms with Gasteiger partial charge in [0.15, 0.2) is 0 Å². The van der Waals surface area contributed by atoms with E-state index in [9.17, 15) is 0 Å². The van der Waals surface area contributed by atoms with Crippen LogP contribution in [0.5, 0.6) is 0 Å². The van der Waals surface area contributed by atoms with Gasteiger partial charge in [-0.05, 0) is 45.2 Å². The van der Waals surface area contributed by atoms with Crippen molar-refractivity contribution >= 4 is 0 Å². The van der Waals surface area contributed by atoms with Crippen LogP contribution in [0.2, 0.25) is 0 Å². The van der Waals surface area contributed by atoms with Crippen molar-refractivity contribution in [1.29, 1.82) is 0 Å². The van der Waals surface area contributed by atoms with Crippen LogP contribution in [0.3, 0.4) is 0 Å². The second kappa shape index (κ2) is 7.29. The molecule has 16 heavy (non-hydrogen) atoms. The quantitative estimate of drug-likeness (QED) is 0.775. The predicted octanol–water partition coefficient (Wildman–Crippen LogP) is 2.89. The number of rotatable bonds is 5. The summed E-state index contributed by atoms with van der Waals surface area (Å²) in [5.74, 6) is 0.867. The van der Waals surface area contributed by atoms with Crippen LogP contribution in [0, 0.1) is 5.92 Å². The van der Waals surface area contributed by atoms with Gasteiger partial charge in [-0.25, -0.2) is 0 Å². The zero-order valence-electron chi connectivity index (χ0n) is 11.6. The maximum Gasteiger partial charge on any atom is 0.0192 e. The summed E-state index contributed by atoms with van der Waals surface area (Å²) in [4.78, 5) is 2.69. The predicted molar refractivity (Wildman–Crippen MR) is 71.8 cm³/mol. The van der Waals surface area contributed by atoms with Crippen molar-refractivity contribution in [3.05, 3.63) is 0 Å². The Morgan fingerprint density at radius 2 is 2.06 bits per heavy atom. The lowest BCUT2D eigenvalue weighted by Gasteiger charge is -2.31. The first-order chi connectivity index (χ1) is 7.67. The van der Waals surface area contributed by atoms with E-state index in [4.69, 9.17) is 0 Å². The summed E-state index contributed by atoms with van der Waals surface area (Å²) in [7, 11) is 0. The van der Waals surface area contributed by atoms with Crippen molar-refractivity contribution in [3.8, 4) is 0 Å². The van der Waals surface area contributed by atoms with Crippen molar-refractivity contribution in [3.63, 3.8) is 0 Å². The van der Waals surface area contributed by atoms with Crippen molar-refractivity contribution < 1.29 is 0 Å². The molecule has 1 rings (SSSR count). The van der Waals surface area contributed by atoms with Crippen molar-refractivity contribution in [1.82, 2.24) is 10.2 Å². The van der Waals surface area contributed by atoms with Gasteiger partial charge in [-0.2, -0.15) is 0 Å². The van der Waals surface area contributed by atoms with E-state index in [1.807, 2.05) is 0 Å². The fraction of sp³-hybridized carbons (Fsp3) is 1.00. The normalized spacial score (nSPS) is 27.4. The van der Waals surface area contributed by atoms with Crippen LogP contribution >= 0.6 is 0 Å². The van der Waals surface area contributed by atoms with Gasteiger partial charge in [0.1, 0.15) is 0 Å². The van der Waals surface area contributed by atoms with E-state index >= 15 is 0 Å². The number of hydrogen-bond acceptors (Lipinski definition) is 2. The first kappa shape index (κ1) is 14.0. The molecule has 0 radical (unpaired) electrons. The summed E-state index contributed by atoms with van der Waals surface area (Å²) in [6, 6.07) is 1.46. The Labute approximate surface area is 102 Å². The Hall–Kier alpha value is -0.0800. The highest BCUT2D eigenvalue weighted by molar-refractivity contribution is 4.79. The van der Waals surface area contributed by atoms with Gasteiger partial charge in [-0.1, -0.05) is 27.2 Å². The lowest BCUT2D eigenvalue weighted by molar-refractivity contribution is 0.178. The molecule has 3 unspecified atom stereocenters. The fourth-order valence-corrected chi connectivity index (χ4v) is 2.60. The minimum absolute atomic E-state index is 0.710. The van der Waals surface area contributed by atoms with Crippen LogP contribution in [0.15, 0.2) is 0 Å². The Balaban J connectivity index is 2.43. The average molecular weight is 226 g/mol. The second-order valence-electron chi connectivity index (χ2n) is 5.51. The van der Waals surface area contributed by atoms with E-state index in [2.05, 4.69) is 37.9 Å². The third kappa shape index (κ3) is 4.42. The van der Waals surface area contributed by atoms with Gasteiger partial charge in [0.2, 0.25) is 0 Å². The molecule has 96 valence electrons. The lowest BCUT2D eigenvalue weighted by Crippen LogP contribution is -2.41. The highest BCUT2D eigenvalue weighted by atomic mass is 15.2. The lowest BCUT2D eigenvalue weighted by atomic mass is 9.99. The zero-order chi connectivity index (χ0) is 12.0. The number of nitrogens with zero attached hydrogens (tertiary/aromatic N) is 1. The van der Waals surface area contributed by atoms with Crippen LogP contribution < -0.4 is 5.32 Å². The summed E-state index contributed by atoms with van der Waals surface area (Å²) in [6.45, 7) is 13.1. The van der Waals surface area contributed by atoms with Gasteiger partial charge in [0.25, 0.3) is 0 Å². The van der Waals surface area contributed by atoms with Crippen LogP contribution in [0.4, 0.5) is 0 Å². The third-order valence-electron chi connectivity index (χ3n) is 4.07. The number of nitrogens with one attached hydrogen (secondary N) is 1. The highest BCUT2D eigenvalue weighted by Gasteiger charge is 2.21. The SMILES string of the molecule is CCC(C)CC(C)N1CCCNC(CC)C1. The highest BCUT2D eigenvalue weighted by Crippen LogP contribution is 2.16. The van der Waals surface area contributed by atoms with Gasteiger partial charge in [-0.15, -0.1) is 0 Å². The van der Waals surface area contributed by atoms with Crippen molar-refractivity contribution in [2.24, 2.45) is 5.92 Å². The molecule has 2 heteroatoms. The first-order valence-electron chi connectivity index (χ1n) is 7.14. The topological polar surface area (TPSA) is 15.3 Å². The minimum atomic E-state index is 0.710. The zero-order valence-corrected chi connectivity index (χ0v) is 11.6. The van der Waals surface area contributed by atoms with Crippen LogP contribution in [0.25, 0.3) is 0 Å². The second-order valence-corrected chi connectivity index (χ2v) is 5.51. The summed E-state index contributed by atoms with van der Waals surface area (Å²) >= 11 is 0. The maximum absolute atomic E-state index is 3.64. The van der Waals surface area contributed by atoms with E-state index in [0.717, 1.165) is 12.0 Å². The molecule has 0 amide bonds. The first-order valence-corrected chi connectivity index (χ1v) is 7.14. The van der Waals surface area contributed by atoms with E-state index in [1.165, 1.54) is 45.3 Å². The van der Waals surface area contributed by atoms with Crippen molar-refractivity contribution in [2.75, 3.05) is 19.6 Å². The third-order valence-corrected chi connectivity index (χ3v) is 4.07.